The molecule has 1 heterocycles. The highest BCUT2D eigenvalue weighted by molar-refractivity contribution is 5.89. The lowest BCUT2D eigenvalue weighted by Gasteiger charge is -2.05. The molecule has 0 spiro atoms. The van der Waals surface area contributed by atoms with Gasteiger partial charge in [0.1, 0.15) is 18.6 Å². The molecule has 94 valence electrons. The number of benzene rings is 1. The Bertz CT molecular complexity index is 490. The first kappa shape index (κ1) is 12.2. The summed E-state index contributed by atoms with van der Waals surface area (Å²) < 4.78 is 15.1. The van der Waals surface area contributed by atoms with Gasteiger partial charge in [-0.15, -0.1) is 0 Å². The number of aromatic nitrogens is 1. The smallest absolute Gasteiger partial charge is 0.338 e. The zero-order valence-electron chi connectivity index (χ0n) is 9.96. The van der Waals surface area contributed by atoms with Crippen LogP contribution in [0.5, 0.6) is 5.75 Å². The van der Waals surface area contributed by atoms with Crippen molar-refractivity contribution in [3.8, 4) is 5.75 Å². The van der Waals surface area contributed by atoms with Crippen molar-refractivity contribution in [2.24, 2.45) is 0 Å². The average Bonchev–Trinajstić information content (AvgIpc) is 2.90. The fourth-order valence-electron chi connectivity index (χ4n) is 1.37. The summed E-state index contributed by atoms with van der Waals surface area (Å²) in [5, 5.41) is 3.58. The SMILES string of the molecule is CCOC(=O)c1ccc(OCc2cnoc2)cc1. The molecule has 1 aromatic heterocycles. The van der Waals surface area contributed by atoms with E-state index in [1.165, 1.54) is 6.26 Å². The predicted octanol–water partition coefficient (Wildman–Crippen LogP) is 2.43. The Balaban J connectivity index is 1.93. The molecule has 2 rings (SSSR count). The topological polar surface area (TPSA) is 61.6 Å². The fraction of sp³-hybridized carbons (Fsp3) is 0.231. The number of hydrogen-bond acceptors (Lipinski definition) is 5. The van der Waals surface area contributed by atoms with Gasteiger partial charge in [0.15, 0.2) is 0 Å². The highest BCUT2D eigenvalue weighted by atomic mass is 16.5. The van der Waals surface area contributed by atoms with Gasteiger partial charge in [0.2, 0.25) is 0 Å². The molecule has 1 aromatic carbocycles. The highest BCUT2D eigenvalue weighted by Crippen LogP contribution is 2.14. The van der Waals surface area contributed by atoms with Crippen molar-refractivity contribution in [1.29, 1.82) is 0 Å². The minimum absolute atomic E-state index is 0.330. The van der Waals surface area contributed by atoms with E-state index in [-0.39, 0.29) is 5.97 Å². The number of carbonyl (C=O) groups is 1. The molecule has 18 heavy (non-hydrogen) atoms. The summed E-state index contributed by atoms with van der Waals surface area (Å²) in [6.07, 6.45) is 3.11. The second kappa shape index (κ2) is 5.86. The van der Waals surface area contributed by atoms with Gasteiger partial charge < -0.3 is 14.0 Å². The van der Waals surface area contributed by atoms with Gasteiger partial charge in [-0.2, -0.15) is 0 Å². The van der Waals surface area contributed by atoms with E-state index in [1.807, 2.05) is 0 Å². The van der Waals surface area contributed by atoms with Crippen LogP contribution >= 0.6 is 0 Å². The summed E-state index contributed by atoms with van der Waals surface area (Å²) in [6.45, 7) is 2.52. The van der Waals surface area contributed by atoms with Gasteiger partial charge in [-0.05, 0) is 31.2 Å². The van der Waals surface area contributed by atoms with Crippen molar-refractivity contribution < 1.29 is 18.8 Å². The molecule has 0 saturated heterocycles. The molecular formula is C13H13NO4. The molecule has 0 saturated carbocycles. The molecule has 0 amide bonds. The van der Waals surface area contributed by atoms with Crippen LogP contribution in [0, 0.1) is 0 Å². The molecule has 5 heteroatoms. The van der Waals surface area contributed by atoms with Crippen molar-refractivity contribution in [1.82, 2.24) is 5.16 Å². The summed E-state index contributed by atoms with van der Waals surface area (Å²) in [6, 6.07) is 6.78. The van der Waals surface area contributed by atoms with E-state index in [2.05, 4.69) is 9.68 Å². The van der Waals surface area contributed by atoms with E-state index < -0.39 is 0 Å². The zero-order valence-corrected chi connectivity index (χ0v) is 9.96. The molecule has 0 bridgehead atoms. The van der Waals surface area contributed by atoms with Crippen LogP contribution in [0.15, 0.2) is 41.2 Å². The Morgan fingerprint density at radius 1 is 1.33 bits per heavy atom. The van der Waals surface area contributed by atoms with Gasteiger partial charge in [-0.3, -0.25) is 0 Å². The largest absolute Gasteiger partial charge is 0.489 e. The maximum Gasteiger partial charge on any atom is 0.338 e. The molecule has 0 atom stereocenters. The Morgan fingerprint density at radius 3 is 2.72 bits per heavy atom. The second-order valence-corrected chi connectivity index (χ2v) is 3.57. The number of ether oxygens (including phenoxy) is 2. The monoisotopic (exact) mass is 247 g/mol. The number of nitrogens with zero attached hydrogens (tertiary/aromatic N) is 1. The van der Waals surface area contributed by atoms with Gasteiger partial charge in [0, 0.05) is 5.56 Å². The van der Waals surface area contributed by atoms with E-state index >= 15 is 0 Å². The average molecular weight is 247 g/mol. The van der Waals surface area contributed by atoms with Crippen LogP contribution in [0.25, 0.3) is 0 Å². The summed E-state index contributed by atoms with van der Waals surface area (Å²) in [7, 11) is 0. The number of hydrogen-bond donors (Lipinski definition) is 0. The summed E-state index contributed by atoms with van der Waals surface area (Å²) in [4.78, 5) is 11.4. The van der Waals surface area contributed by atoms with E-state index in [0.29, 0.717) is 24.5 Å². The second-order valence-electron chi connectivity index (χ2n) is 3.57. The normalized spacial score (nSPS) is 10.1. The van der Waals surface area contributed by atoms with Crippen LogP contribution in [-0.4, -0.2) is 17.7 Å². The van der Waals surface area contributed by atoms with Crippen molar-refractivity contribution in [2.75, 3.05) is 6.61 Å². The number of esters is 1. The Kier molecular flexibility index (Phi) is 3.96. The molecular weight excluding hydrogens is 234 g/mol. The van der Waals surface area contributed by atoms with Gasteiger partial charge in [-0.25, -0.2) is 4.79 Å². The Labute approximate surface area is 104 Å². The summed E-state index contributed by atoms with van der Waals surface area (Å²) in [5.74, 6) is 0.340. The molecule has 2 aromatic rings. The summed E-state index contributed by atoms with van der Waals surface area (Å²) in [5.41, 5.74) is 1.36. The van der Waals surface area contributed by atoms with Crippen LogP contribution in [0.4, 0.5) is 0 Å². The van der Waals surface area contributed by atoms with Gasteiger partial charge >= 0.3 is 5.97 Å². The molecule has 0 radical (unpaired) electrons. The van der Waals surface area contributed by atoms with E-state index in [0.717, 1.165) is 5.56 Å². The van der Waals surface area contributed by atoms with Crippen molar-refractivity contribution >= 4 is 5.97 Å². The predicted molar refractivity (Wildman–Crippen MR) is 63.2 cm³/mol. The quantitative estimate of drug-likeness (QED) is 0.759. The lowest BCUT2D eigenvalue weighted by Crippen LogP contribution is -2.04. The third kappa shape index (κ3) is 3.10. The standard InChI is InChI=1S/C13H13NO4/c1-2-16-13(15)11-3-5-12(6-4-11)17-8-10-7-14-18-9-10/h3-7,9H,2,8H2,1H3. The molecule has 0 aliphatic carbocycles. The van der Waals surface area contributed by atoms with E-state index in [1.54, 1.807) is 37.4 Å². The highest BCUT2D eigenvalue weighted by Gasteiger charge is 2.06. The fourth-order valence-corrected chi connectivity index (χ4v) is 1.37. The van der Waals surface area contributed by atoms with Crippen molar-refractivity contribution in [3.05, 3.63) is 47.9 Å². The Hall–Kier alpha value is -2.30. The number of carbonyl (C=O) groups excluding carboxylic acids is 1. The zero-order chi connectivity index (χ0) is 12.8. The molecule has 5 nitrogen and oxygen atoms in total. The molecule has 0 N–H and O–H groups in total. The van der Waals surface area contributed by atoms with E-state index in [4.69, 9.17) is 9.47 Å². The lowest BCUT2D eigenvalue weighted by molar-refractivity contribution is 0.0526. The molecule has 0 unspecified atom stereocenters. The van der Waals surface area contributed by atoms with Crippen LogP contribution in [0.3, 0.4) is 0 Å². The number of rotatable bonds is 5. The maximum absolute atomic E-state index is 11.4. The minimum atomic E-state index is -0.330. The first-order valence-electron chi connectivity index (χ1n) is 5.58. The Morgan fingerprint density at radius 2 is 2.11 bits per heavy atom. The molecule has 0 aliphatic rings. The molecule has 0 fully saturated rings. The summed E-state index contributed by atoms with van der Waals surface area (Å²) >= 11 is 0. The van der Waals surface area contributed by atoms with Crippen LogP contribution < -0.4 is 4.74 Å². The van der Waals surface area contributed by atoms with Gasteiger partial charge in [-0.1, -0.05) is 5.16 Å². The van der Waals surface area contributed by atoms with E-state index in [9.17, 15) is 4.79 Å². The van der Waals surface area contributed by atoms with Gasteiger partial charge in [0.05, 0.1) is 18.4 Å². The first-order valence-corrected chi connectivity index (χ1v) is 5.58. The van der Waals surface area contributed by atoms with Crippen LogP contribution in [-0.2, 0) is 11.3 Å². The first-order chi connectivity index (χ1) is 8.79. The maximum atomic E-state index is 11.4. The third-order valence-corrected chi connectivity index (χ3v) is 2.25. The third-order valence-electron chi connectivity index (χ3n) is 2.25. The van der Waals surface area contributed by atoms with Crippen LogP contribution in [0.2, 0.25) is 0 Å². The van der Waals surface area contributed by atoms with Gasteiger partial charge in [0.25, 0.3) is 0 Å². The molecule has 0 aliphatic heterocycles. The van der Waals surface area contributed by atoms with Crippen LogP contribution in [0.1, 0.15) is 22.8 Å². The minimum Gasteiger partial charge on any atom is -0.489 e. The van der Waals surface area contributed by atoms with Crippen molar-refractivity contribution in [2.45, 2.75) is 13.5 Å². The van der Waals surface area contributed by atoms with Crippen molar-refractivity contribution in [3.63, 3.8) is 0 Å². The lowest BCUT2D eigenvalue weighted by atomic mass is 10.2.